The second-order valence-electron chi connectivity index (χ2n) is 6.75. The molecule has 0 fully saturated rings. The van der Waals surface area contributed by atoms with Crippen molar-refractivity contribution < 1.29 is 9.47 Å². The summed E-state index contributed by atoms with van der Waals surface area (Å²) in [4.78, 5) is 0. The van der Waals surface area contributed by atoms with Crippen LogP contribution in [0.3, 0.4) is 0 Å². The number of hydrogen-bond donors (Lipinski definition) is 1. The molecule has 3 aromatic carbocycles. The van der Waals surface area contributed by atoms with Crippen molar-refractivity contribution >= 4 is 35.6 Å². The first-order valence-electron chi connectivity index (χ1n) is 9.67. The standard InChI is InChI=1S/C24H25Cl2NO2.ClH/c1-3-28-24-13-18(15-27-17(2)19-7-5-4-6-8-19)9-12-23(24)29-16-20-10-11-21(25)14-22(20)26;/h4-14,17,27H,3,15-16H2,1-2H3;1H. The van der Waals surface area contributed by atoms with Crippen LogP contribution in [0.25, 0.3) is 0 Å². The van der Waals surface area contributed by atoms with E-state index in [4.69, 9.17) is 32.7 Å². The Morgan fingerprint density at radius 1 is 0.900 bits per heavy atom. The maximum Gasteiger partial charge on any atom is 0.161 e. The lowest BCUT2D eigenvalue weighted by molar-refractivity contribution is 0.269. The lowest BCUT2D eigenvalue weighted by Crippen LogP contribution is -2.18. The fourth-order valence-electron chi connectivity index (χ4n) is 2.97. The Balaban J connectivity index is 0.00000320. The summed E-state index contributed by atoms with van der Waals surface area (Å²) < 4.78 is 11.8. The number of ether oxygens (including phenoxy) is 2. The van der Waals surface area contributed by atoms with E-state index in [0.717, 1.165) is 23.4 Å². The summed E-state index contributed by atoms with van der Waals surface area (Å²) in [7, 11) is 0. The highest BCUT2D eigenvalue weighted by Gasteiger charge is 2.10. The largest absolute Gasteiger partial charge is 0.490 e. The molecule has 30 heavy (non-hydrogen) atoms. The molecule has 1 N–H and O–H groups in total. The Morgan fingerprint density at radius 2 is 1.67 bits per heavy atom. The highest BCUT2D eigenvalue weighted by molar-refractivity contribution is 6.35. The molecular formula is C24H26Cl3NO2. The van der Waals surface area contributed by atoms with Crippen molar-refractivity contribution in [3.63, 3.8) is 0 Å². The number of nitrogens with one attached hydrogen (secondary N) is 1. The zero-order valence-electron chi connectivity index (χ0n) is 17.0. The van der Waals surface area contributed by atoms with Crippen LogP contribution in [0, 0.1) is 0 Å². The van der Waals surface area contributed by atoms with Gasteiger partial charge in [-0.05, 0) is 49.2 Å². The molecule has 3 rings (SSSR count). The van der Waals surface area contributed by atoms with E-state index >= 15 is 0 Å². The SMILES string of the molecule is CCOc1cc(CNC(C)c2ccccc2)ccc1OCc1ccc(Cl)cc1Cl.Cl. The lowest BCUT2D eigenvalue weighted by atomic mass is 10.1. The molecule has 160 valence electrons. The van der Waals surface area contributed by atoms with Gasteiger partial charge in [-0.2, -0.15) is 0 Å². The van der Waals surface area contributed by atoms with Crippen molar-refractivity contribution in [1.82, 2.24) is 5.32 Å². The Hall–Kier alpha value is -1.91. The molecule has 0 saturated carbocycles. The van der Waals surface area contributed by atoms with Crippen molar-refractivity contribution in [2.24, 2.45) is 0 Å². The average Bonchev–Trinajstić information content (AvgIpc) is 2.73. The summed E-state index contributed by atoms with van der Waals surface area (Å²) in [6, 6.07) is 22.1. The molecule has 3 nitrogen and oxygen atoms in total. The lowest BCUT2D eigenvalue weighted by Gasteiger charge is -2.17. The molecule has 0 amide bonds. The van der Waals surface area contributed by atoms with Crippen molar-refractivity contribution in [3.05, 3.63) is 93.5 Å². The number of hydrogen-bond acceptors (Lipinski definition) is 3. The molecule has 0 aliphatic heterocycles. The fraction of sp³-hybridized carbons (Fsp3) is 0.250. The van der Waals surface area contributed by atoms with Gasteiger partial charge < -0.3 is 14.8 Å². The van der Waals surface area contributed by atoms with Crippen LogP contribution in [0.15, 0.2) is 66.7 Å². The third kappa shape index (κ3) is 6.82. The Bertz CT molecular complexity index is 935. The number of benzene rings is 3. The molecule has 0 radical (unpaired) electrons. The first kappa shape index (κ1) is 24.4. The normalized spacial score (nSPS) is 11.5. The highest BCUT2D eigenvalue weighted by atomic mass is 35.5. The van der Waals surface area contributed by atoms with Gasteiger partial charge in [0.1, 0.15) is 6.61 Å². The fourth-order valence-corrected chi connectivity index (χ4v) is 3.44. The van der Waals surface area contributed by atoms with Gasteiger partial charge in [0.05, 0.1) is 6.61 Å². The molecule has 1 atom stereocenters. The zero-order chi connectivity index (χ0) is 20.6. The van der Waals surface area contributed by atoms with Gasteiger partial charge in [0.15, 0.2) is 11.5 Å². The van der Waals surface area contributed by atoms with Crippen LogP contribution in [0.4, 0.5) is 0 Å². The molecule has 0 aliphatic carbocycles. The third-order valence-corrected chi connectivity index (χ3v) is 5.21. The van der Waals surface area contributed by atoms with Crippen molar-refractivity contribution in [2.45, 2.75) is 33.0 Å². The van der Waals surface area contributed by atoms with Crippen molar-refractivity contribution in [1.29, 1.82) is 0 Å². The van der Waals surface area contributed by atoms with Crippen LogP contribution in [0.1, 0.15) is 36.6 Å². The van der Waals surface area contributed by atoms with Gasteiger partial charge in [-0.15, -0.1) is 12.4 Å². The second kappa shape index (κ2) is 12.1. The first-order chi connectivity index (χ1) is 14.1. The number of rotatable bonds is 9. The van der Waals surface area contributed by atoms with Gasteiger partial charge >= 0.3 is 0 Å². The van der Waals surface area contributed by atoms with Crippen LogP contribution in [0.5, 0.6) is 11.5 Å². The summed E-state index contributed by atoms with van der Waals surface area (Å²) in [5.41, 5.74) is 3.27. The summed E-state index contributed by atoms with van der Waals surface area (Å²) in [5.74, 6) is 1.42. The van der Waals surface area contributed by atoms with Crippen LogP contribution in [0.2, 0.25) is 10.0 Å². The van der Waals surface area contributed by atoms with Crippen molar-refractivity contribution in [2.75, 3.05) is 6.61 Å². The van der Waals surface area contributed by atoms with E-state index in [1.807, 2.05) is 37.3 Å². The highest BCUT2D eigenvalue weighted by Crippen LogP contribution is 2.31. The Labute approximate surface area is 194 Å². The molecule has 1 unspecified atom stereocenters. The quantitative estimate of drug-likeness (QED) is 0.360. The van der Waals surface area contributed by atoms with Crippen LogP contribution in [-0.4, -0.2) is 6.61 Å². The van der Waals surface area contributed by atoms with Crippen molar-refractivity contribution in [3.8, 4) is 11.5 Å². The first-order valence-corrected chi connectivity index (χ1v) is 10.4. The zero-order valence-corrected chi connectivity index (χ0v) is 19.4. The van der Waals surface area contributed by atoms with Crippen LogP contribution < -0.4 is 14.8 Å². The van der Waals surface area contributed by atoms with Gasteiger partial charge in [-0.25, -0.2) is 0 Å². The molecular weight excluding hydrogens is 441 g/mol. The Morgan fingerprint density at radius 3 is 2.37 bits per heavy atom. The summed E-state index contributed by atoms with van der Waals surface area (Å²) in [6.07, 6.45) is 0. The van der Waals surface area contributed by atoms with Crippen LogP contribution in [-0.2, 0) is 13.2 Å². The molecule has 0 saturated heterocycles. The predicted octanol–water partition coefficient (Wildman–Crippen LogP) is 7.24. The maximum absolute atomic E-state index is 6.24. The minimum absolute atomic E-state index is 0. The molecule has 0 heterocycles. The molecule has 0 bridgehead atoms. The van der Waals surface area contributed by atoms with E-state index in [2.05, 4.69) is 36.5 Å². The predicted molar refractivity (Wildman–Crippen MR) is 127 cm³/mol. The Kier molecular flexibility index (Phi) is 9.80. The minimum atomic E-state index is 0. The smallest absolute Gasteiger partial charge is 0.161 e. The van der Waals surface area contributed by atoms with E-state index in [9.17, 15) is 0 Å². The van der Waals surface area contributed by atoms with E-state index < -0.39 is 0 Å². The topological polar surface area (TPSA) is 30.5 Å². The summed E-state index contributed by atoms with van der Waals surface area (Å²) in [5, 5.41) is 4.74. The summed E-state index contributed by atoms with van der Waals surface area (Å²) in [6.45, 7) is 5.77. The molecule has 0 spiro atoms. The van der Waals surface area contributed by atoms with Gasteiger partial charge in [-0.1, -0.05) is 65.7 Å². The van der Waals surface area contributed by atoms with E-state index in [0.29, 0.717) is 29.0 Å². The van der Waals surface area contributed by atoms with Crippen LogP contribution >= 0.6 is 35.6 Å². The van der Waals surface area contributed by atoms with Gasteiger partial charge in [-0.3, -0.25) is 0 Å². The van der Waals surface area contributed by atoms with Gasteiger partial charge in [0.2, 0.25) is 0 Å². The molecule has 3 aromatic rings. The monoisotopic (exact) mass is 465 g/mol. The molecule has 6 heteroatoms. The van der Waals surface area contributed by atoms with E-state index in [1.54, 1.807) is 12.1 Å². The van der Waals surface area contributed by atoms with Gasteiger partial charge in [0, 0.05) is 28.2 Å². The molecule has 0 aromatic heterocycles. The third-order valence-electron chi connectivity index (χ3n) is 4.62. The van der Waals surface area contributed by atoms with E-state index in [1.165, 1.54) is 5.56 Å². The second-order valence-corrected chi connectivity index (χ2v) is 7.60. The van der Waals surface area contributed by atoms with E-state index in [-0.39, 0.29) is 18.4 Å². The minimum Gasteiger partial charge on any atom is -0.490 e. The van der Waals surface area contributed by atoms with Gasteiger partial charge in [0.25, 0.3) is 0 Å². The maximum atomic E-state index is 6.24. The molecule has 0 aliphatic rings. The summed E-state index contributed by atoms with van der Waals surface area (Å²) >= 11 is 12.2. The average molecular weight is 467 g/mol. The number of halogens is 3.